The molecule has 24 heavy (non-hydrogen) atoms. The Morgan fingerprint density at radius 3 is 2.96 bits per heavy atom. The molecule has 0 bridgehead atoms. The summed E-state index contributed by atoms with van der Waals surface area (Å²) in [4.78, 5) is 16.4. The number of methoxy groups -OCH3 is 1. The maximum atomic E-state index is 12.1. The lowest BCUT2D eigenvalue weighted by atomic mass is 10.2. The normalized spacial score (nSPS) is 10.8. The van der Waals surface area contributed by atoms with Crippen LogP contribution in [0.25, 0.3) is 10.9 Å². The fourth-order valence-electron chi connectivity index (χ4n) is 2.43. The van der Waals surface area contributed by atoms with E-state index in [1.807, 2.05) is 48.7 Å². The number of hydrogen-bond donors (Lipinski definition) is 2. The number of ether oxygens (including phenoxy) is 1. The summed E-state index contributed by atoms with van der Waals surface area (Å²) in [5, 5.41) is 4.06. The molecule has 0 radical (unpaired) electrons. The molecule has 0 aliphatic rings. The van der Waals surface area contributed by atoms with Gasteiger partial charge in [-0.05, 0) is 18.2 Å². The minimum atomic E-state index is -0.00244. The van der Waals surface area contributed by atoms with Crippen molar-refractivity contribution in [3.8, 4) is 5.75 Å². The highest BCUT2D eigenvalue weighted by Crippen LogP contribution is 2.29. The summed E-state index contributed by atoms with van der Waals surface area (Å²) < 4.78 is 6.32. The Balaban J connectivity index is 1.57. The van der Waals surface area contributed by atoms with Gasteiger partial charge in [0.1, 0.15) is 5.75 Å². The molecule has 0 aliphatic heterocycles. The number of benzene rings is 2. The van der Waals surface area contributed by atoms with E-state index in [0.29, 0.717) is 12.3 Å². The number of hydrogen-bond acceptors (Lipinski definition) is 3. The predicted octanol–water partition coefficient (Wildman–Crippen LogP) is 4.35. The average Bonchev–Trinajstić information content (AvgIpc) is 3.00. The van der Waals surface area contributed by atoms with E-state index in [-0.39, 0.29) is 5.91 Å². The Hall–Kier alpha value is -1.92. The quantitative estimate of drug-likeness (QED) is 0.600. The first-order chi connectivity index (χ1) is 11.7. The molecular formula is C18H17BrN2O2S. The van der Waals surface area contributed by atoms with Gasteiger partial charge in [0.15, 0.2) is 0 Å². The van der Waals surface area contributed by atoms with Gasteiger partial charge < -0.3 is 15.0 Å². The van der Waals surface area contributed by atoms with E-state index < -0.39 is 0 Å². The number of H-pyrrole nitrogens is 1. The first-order valence-electron chi connectivity index (χ1n) is 7.45. The van der Waals surface area contributed by atoms with Gasteiger partial charge in [-0.25, -0.2) is 0 Å². The van der Waals surface area contributed by atoms with Gasteiger partial charge in [0.25, 0.3) is 0 Å². The number of aromatic nitrogens is 1. The molecule has 4 nitrogen and oxygen atoms in total. The fourth-order valence-corrected chi connectivity index (χ4v) is 3.65. The van der Waals surface area contributed by atoms with Crippen LogP contribution in [0.5, 0.6) is 5.75 Å². The van der Waals surface area contributed by atoms with Gasteiger partial charge in [-0.15, -0.1) is 11.8 Å². The number of amides is 1. The monoisotopic (exact) mass is 404 g/mol. The number of rotatable bonds is 6. The summed E-state index contributed by atoms with van der Waals surface area (Å²) in [7, 11) is 1.63. The van der Waals surface area contributed by atoms with Crippen molar-refractivity contribution in [3.05, 3.63) is 58.7 Å². The maximum absolute atomic E-state index is 12.1. The van der Waals surface area contributed by atoms with Crippen molar-refractivity contribution in [2.45, 2.75) is 11.4 Å². The van der Waals surface area contributed by atoms with Crippen LogP contribution in [0.2, 0.25) is 0 Å². The van der Waals surface area contributed by atoms with Crippen LogP contribution in [0.15, 0.2) is 58.0 Å². The van der Waals surface area contributed by atoms with Gasteiger partial charge in [0.2, 0.25) is 5.91 Å². The van der Waals surface area contributed by atoms with Crippen LogP contribution in [0, 0.1) is 0 Å². The number of para-hydroxylation sites is 1. The molecule has 3 aromatic rings. The van der Waals surface area contributed by atoms with Crippen LogP contribution in [-0.4, -0.2) is 23.8 Å². The smallest absolute Gasteiger partial charge is 0.230 e. The van der Waals surface area contributed by atoms with Crippen LogP contribution in [0.4, 0.5) is 0 Å². The van der Waals surface area contributed by atoms with E-state index in [2.05, 4.69) is 26.2 Å². The SMILES string of the molecule is COc1ccccc1CNC(=O)CSc1c[nH]c2cc(Br)ccc12. The number of carbonyl (C=O) groups is 1. The number of halogens is 1. The molecule has 1 amide bonds. The molecule has 0 saturated carbocycles. The number of nitrogens with one attached hydrogen (secondary N) is 2. The molecule has 0 atom stereocenters. The van der Waals surface area contributed by atoms with Crippen LogP contribution in [-0.2, 0) is 11.3 Å². The van der Waals surface area contributed by atoms with Crippen molar-refractivity contribution in [2.75, 3.05) is 12.9 Å². The zero-order valence-electron chi connectivity index (χ0n) is 13.1. The Morgan fingerprint density at radius 1 is 1.29 bits per heavy atom. The lowest BCUT2D eigenvalue weighted by Gasteiger charge is -2.09. The standard InChI is InChI=1S/C18H17BrN2O2S/c1-23-16-5-3-2-4-12(16)9-21-18(22)11-24-17-10-20-15-8-13(19)6-7-14(15)17/h2-8,10,20H,9,11H2,1H3,(H,21,22). The second-order valence-electron chi connectivity index (χ2n) is 5.22. The second kappa shape index (κ2) is 7.77. The number of thioether (sulfide) groups is 1. The fraction of sp³-hybridized carbons (Fsp3) is 0.167. The Bertz CT molecular complexity index is 863. The molecule has 1 heterocycles. The Labute approximate surface area is 153 Å². The molecule has 6 heteroatoms. The van der Waals surface area contributed by atoms with Crippen LogP contribution >= 0.6 is 27.7 Å². The minimum absolute atomic E-state index is 0.00244. The zero-order chi connectivity index (χ0) is 16.9. The van der Waals surface area contributed by atoms with Crippen LogP contribution < -0.4 is 10.1 Å². The molecule has 0 spiro atoms. The number of aromatic amines is 1. The number of carbonyl (C=O) groups excluding carboxylic acids is 1. The van der Waals surface area contributed by atoms with E-state index in [9.17, 15) is 4.79 Å². The molecule has 2 N–H and O–H groups in total. The van der Waals surface area contributed by atoms with Crippen LogP contribution in [0.1, 0.15) is 5.56 Å². The highest BCUT2D eigenvalue weighted by atomic mass is 79.9. The lowest BCUT2D eigenvalue weighted by Crippen LogP contribution is -2.24. The van der Waals surface area contributed by atoms with Crippen molar-refractivity contribution in [1.82, 2.24) is 10.3 Å². The Morgan fingerprint density at radius 2 is 2.12 bits per heavy atom. The summed E-state index contributed by atoms with van der Waals surface area (Å²) in [6.07, 6.45) is 1.94. The van der Waals surface area contributed by atoms with E-state index in [1.165, 1.54) is 11.8 Å². The highest BCUT2D eigenvalue weighted by Gasteiger charge is 2.09. The van der Waals surface area contributed by atoms with E-state index in [4.69, 9.17) is 4.74 Å². The van der Waals surface area contributed by atoms with E-state index in [0.717, 1.165) is 31.6 Å². The van der Waals surface area contributed by atoms with Crippen molar-refractivity contribution in [2.24, 2.45) is 0 Å². The van der Waals surface area contributed by atoms with Gasteiger partial charge in [0, 0.05) is 38.6 Å². The largest absolute Gasteiger partial charge is 0.496 e. The molecule has 3 rings (SSSR count). The topological polar surface area (TPSA) is 54.1 Å². The molecule has 0 unspecified atom stereocenters. The minimum Gasteiger partial charge on any atom is -0.496 e. The first-order valence-corrected chi connectivity index (χ1v) is 9.23. The predicted molar refractivity (Wildman–Crippen MR) is 102 cm³/mol. The van der Waals surface area contributed by atoms with Crippen molar-refractivity contribution >= 4 is 44.5 Å². The summed E-state index contributed by atoms with van der Waals surface area (Å²) in [5.74, 6) is 1.16. The van der Waals surface area contributed by atoms with Gasteiger partial charge in [0.05, 0.1) is 12.9 Å². The van der Waals surface area contributed by atoms with Gasteiger partial charge in [-0.1, -0.05) is 40.2 Å². The van der Waals surface area contributed by atoms with Gasteiger partial charge in [-0.2, -0.15) is 0 Å². The summed E-state index contributed by atoms with van der Waals surface area (Å²) in [6.45, 7) is 0.463. The molecule has 0 aliphatic carbocycles. The van der Waals surface area contributed by atoms with Crippen molar-refractivity contribution < 1.29 is 9.53 Å². The van der Waals surface area contributed by atoms with E-state index >= 15 is 0 Å². The third kappa shape index (κ3) is 3.94. The summed E-state index contributed by atoms with van der Waals surface area (Å²) in [6, 6.07) is 13.8. The Kier molecular flexibility index (Phi) is 5.48. The summed E-state index contributed by atoms with van der Waals surface area (Å²) in [5.41, 5.74) is 2.02. The third-order valence-electron chi connectivity index (χ3n) is 3.63. The van der Waals surface area contributed by atoms with Crippen molar-refractivity contribution in [1.29, 1.82) is 0 Å². The lowest BCUT2D eigenvalue weighted by molar-refractivity contribution is -0.118. The summed E-state index contributed by atoms with van der Waals surface area (Å²) >= 11 is 4.98. The van der Waals surface area contributed by atoms with Crippen LogP contribution in [0.3, 0.4) is 0 Å². The molecule has 2 aromatic carbocycles. The first kappa shape index (κ1) is 16.9. The maximum Gasteiger partial charge on any atom is 0.230 e. The van der Waals surface area contributed by atoms with E-state index in [1.54, 1.807) is 7.11 Å². The van der Waals surface area contributed by atoms with Gasteiger partial charge >= 0.3 is 0 Å². The zero-order valence-corrected chi connectivity index (χ0v) is 15.5. The van der Waals surface area contributed by atoms with Gasteiger partial charge in [-0.3, -0.25) is 4.79 Å². The molecule has 0 fully saturated rings. The molecule has 0 saturated heterocycles. The average molecular weight is 405 g/mol. The second-order valence-corrected chi connectivity index (χ2v) is 7.15. The van der Waals surface area contributed by atoms with Crippen molar-refractivity contribution in [3.63, 3.8) is 0 Å². The molecule has 124 valence electrons. The third-order valence-corrected chi connectivity index (χ3v) is 5.18. The highest BCUT2D eigenvalue weighted by molar-refractivity contribution is 9.10. The molecule has 1 aromatic heterocycles. The number of fused-ring (bicyclic) bond motifs is 1. The molecular weight excluding hydrogens is 388 g/mol.